The highest BCUT2D eigenvalue weighted by molar-refractivity contribution is 6.81. The Bertz CT molecular complexity index is 880. The van der Waals surface area contributed by atoms with E-state index in [0.717, 1.165) is 11.6 Å². The number of amides is 2. The Hall–Kier alpha value is -2.66. The van der Waals surface area contributed by atoms with Crippen molar-refractivity contribution >= 4 is 20.1 Å². The summed E-state index contributed by atoms with van der Waals surface area (Å²) in [5, 5.41) is 0. The van der Waals surface area contributed by atoms with E-state index in [1.807, 2.05) is 43.3 Å². The van der Waals surface area contributed by atoms with Gasteiger partial charge in [0.05, 0.1) is 14.1 Å². The molecule has 2 aromatic carbocycles. The van der Waals surface area contributed by atoms with Crippen LogP contribution in [-0.4, -0.2) is 37.6 Å². The number of carbonyl (C=O) groups is 2. The third-order valence-electron chi connectivity index (χ3n) is 5.50. The fraction of sp³-hybridized carbons (Fsp3) is 0.360. The zero-order valence-corrected chi connectivity index (χ0v) is 19.1. The number of carbonyl (C=O) groups excluding carboxylic acids is 2. The summed E-state index contributed by atoms with van der Waals surface area (Å²) in [6.07, 6.45) is 2.87. The standard InChI is InChI=1S/C25H31NO3Si/c1-20(11-10-16-30(2,3)19-22-14-8-5-9-15-22)24(27)26-23(18-29-25(26)28)17-21-12-6-4-7-13-21/h4-10,12-16,20,23H,11,17-19H2,1-3H3/b16-10+/t20-,23+/m1/s1. The Morgan fingerprint density at radius 3 is 2.33 bits per heavy atom. The Morgan fingerprint density at radius 2 is 1.70 bits per heavy atom. The van der Waals surface area contributed by atoms with Crippen LogP contribution in [0.2, 0.25) is 13.1 Å². The van der Waals surface area contributed by atoms with Gasteiger partial charge >= 0.3 is 6.09 Å². The van der Waals surface area contributed by atoms with Crippen molar-refractivity contribution < 1.29 is 14.3 Å². The normalized spacial score (nSPS) is 17.9. The zero-order valence-electron chi connectivity index (χ0n) is 18.1. The number of hydrogen-bond donors (Lipinski definition) is 0. The molecule has 5 heteroatoms. The number of benzene rings is 2. The predicted molar refractivity (Wildman–Crippen MR) is 123 cm³/mol. The molecule has 0 N–H and O–H groups in total. The van der Waals surface area contributed by atoms with Gasteiger partial charge in [0.1, 0.15) is 6.61 Å². The molecule has 2 atom stereocenters. The van der Waals surface area contributed by atoms with Crippen LogP contribution in [0.4, 0.5) is 4.79 Å². The van der Waals surface area contributed by atoms with Crippen LogP contribution in [0.25, 0.3) is 0 Å². The van der Waals surface area contributed by atoms with Crippen molar-refractivity contribution in [1.29, 1.82) is 0 Å². The van der Waals surface area contributed by atoms with Crippen LogP contribution in [0, 0.1) is 5.92 Å². The summed E-state index contributed by atoms with van der Waals surface area (Å²) in [6, 6.07) is 21.3. The SMILES string of the molecule is C[C@H](C/C=C/[Si](C)(C)Cc1ccccc1)C(=O)N1C(=O)OC[C@@H]1Cc1ccccc1. The minimum atomic E-state index is -1.55. The van der Waals surface area contributed by atoms with Gasteiger partial charge in [-0.2, -0.15) is 0 Å². The van der Waals surface area contributed by atoms with Gasteiger partial charge in [0.15, 0.2) is 0 Å². The number of ether oxygens (including phenoxy) is 1. The molecule has 0 spiro atoms. The van der Waals surface area contributed by atoms with Gasteiger partial charge in [-0.1, -0.05) is 98.0 Å². The van der Waals surface area contributed by atoms with Crippen LogP contribution < -0.4 is 0 Å². The Morgan fingerprint density at radius 1 is 1.10 bits per heavy atom. The van der Waals surface area contributed by atoms with E-state index >= 15 is 0 Å². The Labute approximate surface area is 180 Å². The van der Waals surface area contributed by atoms with Crippen LogP contribution in [0.3, 0.4) is 0 Å². The van der Waals surface area contributed by atoms with Crippen molar-refractivity contribution in [3.05, 3.63) is 83.6 Å². The molecule has 1 aliphatic rings. The van der Waals surface area contributed by atoms with Gasteiger partial charge in [-0.15, -0.1) is 0 Å². The average molecular weight is 422 g/mol. The first-order valence-electron chi connectivity index (χ1n) is 10.6. The maximum atomic E-state index is 13.0. The van der Waals surface area contributed by atoms with Gasteiger partial charge in [0.25, 0.3) is 0 Å². The molecule has 1 saturated heterocycles. The smallest absolute Gasteiger partial charge is 0.416 e. The van der Waals surface area contributed by atoms with Crippen LogP contribution in [0.15, 0.2) is 72.4 Å². The summed E-state index contributed by atoms with van der Waals surface area (Å²) in [4.78, 5) is 26.6. The van der Waals surface area contributed by atoms with Gasteiger partial charge in [-0.3, -0.25) is 4.79 Å². The topological polar surface area (TPSA) is 46.6 Å². The highest BCUT2D eigenvalue weighted by atomic mass is 28.3. The van der Waals surface area contributed by atoms with Gasteiger partial charge in [-0.25, -0.2) is 9.69 Å². The van der Waals surface area contributed by atoms with E-state index in [0.29, 0.717) is 12.8 Å². The van der Waals surface area contributed by atoms with E-state index in [9.17, 15) is 9.59 Å². The Kier molecular flexibility index (Phi) is 7.27. The van der Waals surface area contributed by atoms with Gasteiger partial charge < -0.3 is 4.74 Å². The largest absolute Gasteiger partial charge is 0.447 e. The fourth-order valence-corrected chi connectivity index (χ4v) is 6.06. The van der Waals surface area contributed by atoms with Gasteiger partial charge in [-0.05, 0) is 24.4 Å². The van der Waals surface area contributed by atoms with E-state index in [4.69, 9.17) is 4.74 Å². The summed E-state index contributed by atoms with van der Waals surface area (Å²) >= 11 is 0. The van der Waals surface area contributed by atoms with E-state index in [2.05, 4.69) is 49.1 Å². The number of nitrogens with zero attached hydrogens (tertiary/aromatic N) is 1. The molecule has 0 aromatic heterocycles. The average Bonchev–Trinajstić information content (AvgIpc) is 3.08. The quantitative estimate of drug-likeness (QED) is 0.551. The molecule has 4 nitrogen and oxygen atoms in total. The molecule has 1 aliphatic heterocycles. The molecular weight excluding hydrogens is 390 g/mol. The van der Waals surface area contributed by atoms with Crippen LogP contribution in [0.5, 0.6) is 0 Å². The molecule has 0 unspecified atom stereocenters. The van der Waals surface area contributed by atoms with E-state index in [1.165, 1.54) is 10.5 Å². The molecule has 30 heavy (non-hydrogen) atoms. The van der Waals surface area contributed by atoms with Gasteiger partial charge in [0, 0.05) is 5.92 Å². The number of allylic oxidation sites excluding steroid dienone is 1. The highest BCUT2D eigenvalue weighted by Gasteiger charge is 2.39. The van der Waals surface area contributed by atoms with E-state index in [-0.39, 0.29) is 24.5 Å². The number of imide groups is 1. The fourth-order valence-electron chi connectivity index (χ4n) is 3.88. The second-order valence-corrected chi connectivity index (χ2v) is 13.5. The van der Waals surface area contributed by atoms with E-state index in [1.54, 1.807) is 0 Å². The number of cyclic esters (lactones) is 1. The van der Waals surface area contributed by atoms with Crippen LogP contribution in [-0.2, 0) is 22.0 Å². The minimum Gasteiger partial charge on any atom is -0.447 e. The number of rotatable bonds is 8. The lowest BCUT2D eigenvalue weighted by atomic mass is 10.0. The molecule has 158 valence electrons. The lowest BCUT2D eigenvalue weighted by Crippen LogP contribution is -2.42. The summed E-state index contributed by atoms with van der Waals surface area (Å²) in [6.45, 7) is 6.82. The second kappa shape index (κ2) is 9.89. The molecule has 0 saturated carbocycles. The summed E-state index contributed by atoms with van der Waals surface area (Å²) in [5.74, 6) is -0.405. The molecule has 1 fully saturated rings. The summed E-state index contributed by atoms with van der Waals surface area (Å²) in [7, 11) is -1.55. The molecule has 0 radical (unpaired) electrons. The summed E-state index contributed by atoms with van der Waals surface area (Å²) < 4.78 is 5.20. The predicted octanol–water partition coefficient (Wildman–Crippen LogP) is 5.19. The third-order valence-corrected chi connectivity index (χ3v) is 7.95. The molecule has 3 rings (SSSR count). The first kappa shape index (κ1) is 22.0. The molecule has 2 aromatic rings. The first-order chi connectivity index (χ1) is 14.4. The highest BCUT2D eigenvalue weighted by Crippen LogP contribution is 2.22. The van der Waals surface area contributed by atoms with Gasteiger partial charge in [0.2, 0.25) is 5.91 Å². The van der Waals surface area contributed by atoms with Crippen LogP contribution >= 0.6 is 0 Å². The molecule has 1 heterocycles. The first-order valence-corrected chi connectivity index (χ1v) is 13.9. The molecular formula is C25H31NO3Si. The monoisotopic (exact) mass is 421 g/mol. The lowest BCUT2D eigenvalue weighted by Gasteiger charge is -2.23. The summed E-state index contributed by atoms with van der Waals surface area (Å²) in [5.41, 5.74) is 4.76. The van der Waals surface area contributed by atoms with Crippen molar-refractivity contribution in [1.82, 2.24) is 4.90 Å². The molecule has 2 amide bonds. The van der Waals surface area contributed by atoms with Crippen molar-refractivity contribution in [2.75, 3.05) is 6.61 Å². The third kappa shape index (κ3) is 5.92. The van der Waals surface area contributed by atoms with Crippen molar-refractivity contribution in [2.45, 2.75) is 44.9 Å². The Balaban J connectivity index is 1.58. The zero-order chi connectivity index (χ0) is 21.6. The second-order valence-electron chi connectivity index (χ2n) is 8.82. The number of hydrogen-bond acceptors (Lipinski definition) is 3. The maximum Gasteiger partial charge on any atom is 0.416 e. The lowest BCUT2D eigenvalue weighted by molar-refractivity contribution is -0.132. The van der Waals surface area contributed by atoms with Crippen molar-refractivity contribution in [3.63, 3.8) is 0 Å². The van der Waals surface area contributed by atoms with Crippen LogP contribution in [0.1, 0.15) is 24.5 Å². The van der Waals surface area contributed by atoms with Crippen molar-refractivity contribution in [3.8, 4) is 0 Å². The van der Waals surface area contributed by atoms with E-state index < -0.39 is 14.2 Å². The molecule has 0 bridgehead atoms. The van der Waals surface area contributed by atoms with Crippen molar-refractivity contribution in [2.24, 2.45) is 5.92 Å². The maximum absolute atomic E-state index is 13.0. The molecule has 0 aliphatic carbocycles. The minimum absolute atomic E-state index is 0.148.